The highest BCUT2D eigenvalue weighted by Gasteiger charge is 2.15. The van der Waals surface area contributed by atoms with Crippen LogP contribution in [0.25, 0.3) is 0 Å². The van der Waals surface area contributed by atoms with Crippen LogP contribution in [0.5, 0.6) is 0 Å². The molecular formula is C15H12Cl3NO. The molecule has 0 aliphatic carbocycles. The van der Waals surface area contributed by atoms with Crippen molar-refractivity contribution in [1.82, 2.24) is 4.90 Å². The highest BCUT2D eigenvalue weighted by atomic mass is 35.5. The summed E-state index contributed by atoms with van der Waals surface area (Å²) < 4.78 is 0. The Labute approximate surface area is 132 Å². The van der Waals surface area contributed by atoms with Gasteiger partial charge in [-0.3, -0.25) is 4.79 Å². The van der Waals surface area contributed by atoms with Gasteiger partial charge < -0.3 is 4.90 Å². The van der Waals surface area contributed by atoms with E-state index in [1.807, 2.05) is 6.07 Å². The maximum atomic E-state index is 12.3. The Balaban J connectivity index is 2.15. The van der Waals surface area contributed by atoms with Gasteiger partial charge in [0.2, 0.25) is 0 Å². The molecule has 0 fully saturated rings. The number of rotatable bonds is 3. The lowest BCUT2D eigenvalue weighted by Crippen LogP contribution is -2.26. The number of halogens is 3. The zero-order valence-electron chi connectivity index (χ0n) is 10.7. The largest absolute Gasteiger partial charge is 0.337 e. The summed E-state index contributed by atoms with van der Waals surface area (Å²) in [5, 5.41) is 1.41. The molecule has 2 aromatic carbocycles. The van der Waals surface area contributed by atoms with Crippen molar-refractivity contribution in [2.24, 2.45) is 0 Å². The van der Waals surface area contributed by atoms with E-state index in [4.69, 9.17) is 34.8 Å². The molecule has 0 aliphatic heterocycles. The Bertz CT molecular complexity index is 643. The molecule has 5 heteroatoms. The third kappa shape index (κ3) is 3.45. The first-order valence-electron chi connectivity index (χ1n) is 5.93. The fraction of sp³-hybridized carbons (Fsp3) is 0.133. The molecule has 2 aromatic rings. The van der Waals surface area contributed by atoms with Crippen LogP contribution in [-0.4, -0.2) is 17.9 Å². The quantitative estimate of drug-likeness (QED) is 0.783. The number of nitrogens with zero attached hydrogens (tertiary/aromatic N) is 1. The average molecular weight is 329 g/mol. The minimum atomic E-state index is -0.137. The van der Waals surface area contributed by atoms with E-state index >= 15 is 0 Å². The molecule has 2 nitrogen and oxygen atoms in total. The van der Waals surface area contributed by atoms with Crippen LogP contribution in [0.2, 0.25) is 15.1 Å². The van der Waals surface area contributed by atoms with Crippen molar-refractivity contribution >= 4 is 40.7 Å². The molecule has 2 rings (SSSR count). The highest BCUT2D eigenvalue weighted by Crippen LogP contribution is 2.24. The first-order chi connectivity index (χ1) is 9.49. The van der Waals surface area contributed by atoms with Crippen molar-refractivity contribution in [3.05, 3.63) is 68.7 Å². The van der Waals surface area contributed by atoms with Gasteiger partial charge in [-0.15, -0.1) is 0 Å². The number of amides is 1. The van der Waals surface area contributed by atoms with Gasteiger partial charge in [-0.05, 0) is 29.8 Å². The summed E-state index contributed by atoms with van der Waals surface area (Å²) in [7, 11) is 1.72. The first kappa shape index (κ1) is 15.2. The van der Waals surface area contributed by atoms with Crippen LogP contribution in [0.3, 0.4) is 0 Å². The van der Waals surface area contributed by atoms with Crippen molar-refractivity contribution in [2.45, 2.75) is 6.54 Å². The molecule has 0 spiro atoms. The SMILES string of the molecule is CN(Cc1ccc(Cl)c(Cl)c1)C(=O)c1ccccc1Cl. The Kier molecular flexibility index (Phi) is 4.92. The van der Waals surface area contributed by atoms with E-state index in [0.29, 0.717) is 27.2 Å². The van der Waals surface area contributed by atoms with Crippen molar-refractivity contribution in [2.75, 3.05) is 7.05 Å². The van der Waals surface area contributed by atoms with Crippen LogP contribution in [-0.2, 0) is 6.54 Å². The van der Waals surface area contributed by atoms with Gasteiger partial charge >= 0.3 is 0 Å². The van der Waals surface area contributed by atoms with Crippen LogP contribution >= 0.6 is 34.8 Å². The fourth-order valence-corrected chi connectivity index (χ4v) is 2.36. The summed E-state index contributed by atoms with van der Waals surface area (Å²) in [6.45, 7) is 0.431. The third-order valence-corrected chi connectivity index (χ3v) is 3.92. The van der Waals surface area contributed by atoms with E-state index < -0.39 is 0 Å². The van der Waals surface area contributed by atoms with Crippen LogP contribution in [0, 0.1) is 0 Å². The number of carbonyl (C=O) groups excluding carboxylic acids is 1. The van der Waals surface area contributed by atoms with E-state index in [0.717, 1.165) is 5.56 Å². The molecular weight excluding hydrogens is 317 g/mol. The zero-order chi connectivity index (χ0) is 14.7. The molecule has 0 heterocycles. The Morgan fingerprint density at radius 3 is 2.35 bits per heavy atom. The summed E-state index contributed by atoms with van der Waals surface area (Å²) >= 11 is 17.9. The average Bonchev–Trinajstić information content (AvgIpc) is 2.42. The van der Waals surface area contributed by atoms with E-state index in [-0.39, 0.29) is 5.91 Å². The summed E-state index contributed by atoms with van der Waals surface area (Å²) in [5.74, 6) is -0.137. The summed E-state index contributed by atoms with van der Waals surface area (Å²) in [6.07, 6.45) is 0. The Morgan fingerprint density at radius 2 is 1.70 bits per heavy atom. The van der Waals surface area contributed by atoms with Gasteiger partial charge in [0.05, 0.1) is 20.6 Å². The predicted molar refractivity (Wildman–Crippen MR) is 83.7 cm³/mol. The van der Waals surface area contributed by atoms with Crippen LogP contribution in [0.15, 0.2) is 42.5 Å². The second kappa shape index (κ2) is 6.49. The molecule has 0 unspecified atom stereocenters. The van der Waals surface area contributed by atoms with Crippen molar-refractivity contribution in [3.63, 3.8) is 0 Å². The van der Waals surface area contributed by atoms with E-state index in [9.17, 15) is 4.79 Å². The smallest absolute Gasteiger partial charge is 0.255 e. The van der Waals surface area contributed by atoms with Crippen LogP contribution in [0.1, 0.15) is 15.9 Å². The van der Waals surface area contributed by atoms with Gasteiger partial charge in [-0.1, -0.05) is 53.0 Å². The lowest BCUT2D eigenvalue weighted by Gasteiger charge is -2.18. The van der Waals surface area contributed by atoms with Gasteiger partial charge in [-0.2, -0.15) is 0 Å². The van der Waals surface area contributed by atoms with E-state index in [1.54, 1.807) is 48.3 Å². The number of hydrogen-bond donors (Lipinski definition) is 0. The Hall–Kier alpha value is -1.22. The number of benzene rings is 2. The zero-order valence-corrected chi connectivity index (χ0v) is 13.0. The standard InChI is InChI=1S/C15H12Cl3NO/c1-19(9-10-6-7-13(17)14(18)8-10)15(20)11-4-2-3-5-12(11)16/h2-8H,9H2,1H3. The van der Waals surface area contributed by atoms with Crippen molar-refractivity contribution < 1.29 is 4.79 Å². The van der Waals surface area contributed by atoms with Crippen molar-refractivity contribution in [1.29, 1.82) is 0 Å². The molecule has 1 amide bonds. The monoisotopic (exact) mass is 327 g/mol. The lowest BCUT2D eigenvalue weighted by molar-refractivity contribution is 0.0785. The predicted octanol–water partition coefficient (Wildman–Crippen LogP) is 4.92. The second-order valence-corrected chi connectivity index (χ2v) is 5.61. The molecule has 0 N–H and O–H groups in total. The summed E-state index contributed by atoms with van der Waals surface area (Å²) in [6, 6.07) is 12.3. The normalized spacial score (nSPS) is 10.4. The van der Waals surface area contributed by atoms with Crippen molar-refractivity contribution in [3.8, 4) is 0 Å². The topological polar surface area (TPSA) is 20.3 Å². The third-order valence-electron chi connectivity index (χ3n) is 2.85. The number of hydrogen-bond acceptors (Lipinski definition) is 1. The van der Waals surface area contributed by atoms with Gasteiger partial charge in [0, 0.05) is 13.6 Å². The van der Waals surface area contributed by atoms with Crippen LogP contribution in [0.4, 0.5) is 0 Å². The van der Waals surface area contributed by atoms with Gasteiger partial charge in [-0.25, -0.2) is 0 Å². The molecule has 0 atom stereocenters. The molecule has 0 aromatic heterocycles. The van der Waals surface area contributed by atoms with Gasteiger partial charge in [0.15, 0.2) is 0 Å². The molecule has 0 saturated heterocycles. The molecule has 0 saturated carbocycles. The van der Waals surface area contributed by atoms with E-state index in [2.05, 4.69) is 0 Å². The molecule has 104 valence electrons. The lowest BCUT2D eigenvalue weighted by atomic mass is 10.1. The van der Waals surface area contributed by atoms with Gasteiger partial charge in [0.1, 0.15) is 0 Å². The minimum Gasteiger partial charge on any atom is -0.337 e. The summed E-state index contributed by atoms with van der Waals surface area (Å²) in [4.78, 5) is 13.9. The Morgan fingerprint density at radius 1 is 1.00 bits per heavy atom. The number of carbonyl (C=O) groups is 1. The summed E-state index contributed by atoms with van der Waals surface area (Å²) in [5.41, 5.74) is 1.39. The van der Waals surface area contributed by atoms with E-state index in [1.165, 1.54) is 0 Å². The maximum absolute atomic E-state index is 12.3. The molecule has 0 radical (unpaired) electrons. The van der Waals surface area contributed by atoms with Gasteiger partial charge in [0.25, 0.3) is 5.91 Å². The second-order valence-electron chi connectivity index (χ2n) is 4.39. The molecule has 0 aliphatic rings. The molecule has 0 bridgehead atoms. The first-order valence-corrected chi connectivity index (χ1v) is 7.06. The highest BCUT2D eigenvalue weighted by molar-refractivity contribution is 6.42. The minimum absolute atomic E-state index is 0.137. The van der Waals surface area contributed by atoms with Crippen LogP contribution < -0.4 is 0 Å². The molecule has 20 heavy (non-hydrogen) atoms. The maximum Gasteiger partial charge on any atom is 0.255 e. The fourth-order valence-electron chi connectivity index (χ4n) is 1.82.